The minimum atomic E-state index is -0.0330. The van der Waals surface area contributed by atoms with Crippen molar-refractivity contribution < 1.29 is 14.3 Å². The number of rotatable bonds is 10. The fourth-order valence-electron chi connectivity index (χ4n) is 4.74. The van der Waals surface area contributed by atoms with E-state index in [2.05, 4.69) is 39.8 Å². The van der Waals surface area contributed by atoms with Crippen molar-refractivity contribution in [3.05, 3.63) is 29.8 Å². The van der Waals surface area contributed by atoms with Crippen LogP contribution in [-0.4, -0.2) is 35.7 Å². The molecular formula is C26H43NO3. The third-order valence-electron chi connectivity index (χ3n) is 6.25. The molecule has 4 heteroatoms. The van der Waals surface area contributed by atoms with Crippen molar-refractivity contribution >= 4 is 5.91 Å². The van der Waals surface area contributed by atoms with Gasteiger partial charge in [-0.05, 0) is 82.4 Å². The molecule has 1 aromatic carbocycles. The van der Waals surface area contributed by atoms with E-state index < -0.39 is 0 Å². The van der Waals surface area contributed by atoms with Crippen LogP contribution in [-0.2, 0) is 16.1 Å². The molecule has 0 aromatic heterocycles. The van der Waals surface area contributed by atoms with Gasteiger partial charge in [-0.3, -0.25) is 4.79 Å². The molecule has 0 aliphatic carbocycles. The van der Waals surface area contributed by atoms with E-state index >= 15 is 0 Å². The van der Waals surface area contributed by atoms with Gasteiger partial charge < -0.3 is 14.4 Å². The summed E-state index contributed by atoms with van der Waals surface area (Å²) >= 11 is 0. The van der Waals surface area contributed by atoms with Crippen LogP contribution in [0.5, 0.6) is 5.75 Å². The quantitative estimate of drug-likeness (QED) is 0.463. The Kier molecular flexibility index (Phi) is 9.21. The standard InChI is InChI=1S/C26H43NO3/c1-8-25(28)27(18-21-9-11-23(12-10-21)30-20(4)5)15-13-24(19(2)3)22-14-16-29-26(6,7)17-22/h9-12,19-20,22,24H,8,13-18H2,1-7H3/t22-,24-/m0/s1. The number of amides is 1. The molecule has 1 fully saturated rings. The third kappa shape index (κ3) is 7.61. The van der Waals surface area contributed by atoms with Crippen molar-refractivity contribution in [1.82, 2.24) is 4.90 Å². The van der Waals surface area contributed by atoms with Crippen LogP contribution < -0.4 is 4.74 Å². The zero-order chi connectivity index (χ0) is 22.3. The van der Waals surface area contributed by atoms with Gasteiger partial charge in [0, 0.05) is 26.1 Å². The third-order valence-corrected chi connectivity index (χ3v) is 6.25. The molecule has 2 rings (SSSR count). The molecule has 1 amide bonds. The van der Waals surface area contributed by atoms with E-state index in [0.717, 1.165) is 43.7 Å². The summed E-state index contributed by atoms with van der Waals surface area (Å²) in [5, 5.41) is 0. The lowest BCUT2D eigenvalue weighted by Crippen LogP contribution is -2.39. The second kappa shape index (κ2) is 11.2. The molecule has 0 bridgehead atoms. The molecule has 1 saturated heterocycles. The maximum atomic E-state index is 12.7. The largest absolute Gasteiger partial charge is 0.491 e. The van der Waals surface area contributed by atoms with E-state index in [1.807, 2.05) is 37.8 Å². The van der Waals surface area contributed by atoms with Crippen LogP contribution in [0.15, 0.2) is 24.3 Å². The lowest BCUT2D eigenvalue weighted by Gasteiger charge is -2.41. The number of hydrogen-bond donors (Lipinski definition) is 0. The zero-order valence-corrected chi connectivity index (χ0v) is 20.2. The molecule has 1 aliphatic heterocycles. The maximum absolute atomic E-state index is 12.7. The van der Waals surface area contributed by atoms with Crippen LogP contribution in [0.25, 0.3) is 0 Å². The number of carbonyl (C=O) groups is 1. The predicted octanol–water partition coefficient (Wildman–Crippen LogP) is 6.08. The van der Waals surface area contributed by atoms with Crippen molar-refractivity contribution in [2.75, 3.05) is 13.2 Å². The molecule has 1 heterocycles. The zero-order valence-electron chi connectivity index (χ0n) is 20.2. The Bertz CT molecular complexity index is 651. The molecule has 0 saturated carbocycles. The van der Waals surface area contributed by atoms with E-state index in [1.54, 1.807) is 0 Å². The second-order valence-corrected chi connectivity index (χ2v) is 10.0. The van der Waals surface area contributed by atoms with Gasteiger partial charge in [0.05, 0.1) is 11.7 Å². The molecule has 30 heavy (non-hydrogen) atoms. The molecule has 1 aliphatic rings. The van der Waals surface area contributed by atoms with E-state index in [4.69, 9.17) is 9.47 Å². The number of nitrogens with zero attached hydrogens (tertiary/aromatic N) is 1. The number of ether oxygens (including phenoxy) is 2. The van der Waals surface area contributed by atoms with Gasteiger partial charge in [-0.2, -0.15) is 0 Å². The van der Waals surface area contributed by atoms with Crippen molar-refractivity contribution in [2.45, 2.75) is 92.4 Å². The highest BCUT2D eigenvalue weighted by molar-refractivity contribution is 5.75. The highest BCUT2D eigenvalue weighted by Gasteiger charge is 2.34. The lowest BCUT2D eigenvalue weighted by molar-refractivity contribution is -0.132. The Morgan fingerprint density at radius 3 is 2.40 bits per heavy atom. The highest BCUT2D eigenvalue weighted by atomic mass is 16.5. The van der Waals surface area contributed by atoms with Crippen LogP contribution >= 0.6 is 0 Å². The Morgan fingerprint density at radius 1 is 1.20 bits per heavy atom. The predicted molar refractivity (Wildman–Crippen MR) is 124 cm³/mol. The van der Waals surface area contributed by atoms with E-state index in [1.165, 1.54) is 0 Å². The van der Waals surface area contributed by atoms with Gasteiger partial charge in [-0.15, -0.1) is 0 Å². The lowest BCUT2D eigenvalue weighted by atomic mass is 9.73. The summed E-state index contributed by atoms with van der Waals surface area (Å²) in [7, 11) is 0. The Morgan fingerprint density at radius 2 is 1.87 bits per heavy atom. The summed E-state index contributed by atoms with van der Waals surface area (Å²) in [6.07, 6.45) is 4.00. The van der Waals surface area contributed by atoms with E-state index in [0.29, 0.717) is 30.7 Å². The Hall–Kier alpha value is -1.55. The normalized spacial score (nSPS) is 19.7. The van der Waals surface area contributed by atoms with Gasteiger partial charge in [0.25, 0.3) is 0 Å². The van der Waals surface area contributed by atoms with Gasteiger partial charge >= 0.3 is 0 Å². The number of benzene rings is 1. The highest BCUT2D eigenvalue weighted by Crippen LogP contribution is 2.38. The molecule has 170 valence electrons. The fraction of sp³-hybridized carbons (Fsp3) is 0.731. The van der Waals surface area contributed by atoms with Gasteiger partial charge in [0.1, 0.15) is 5.75 Å². The Labute approximate surface area is 184 Å². The summed E-state index contributed by atoms with van der Waals surface area (Å²) in [6, 6.07) is 8.17. The summed E-state index contributed by atoms with van der Waals surface area (Å²) < 4.78 is 11.7. The summed E-state index contributed by atoms with van der Waals surface area (Å²) in [5.74, 6) is 2.99. The van der Waals surface area contributed by atoms with Gasteiger partial charge in [0.2, 0.25) is 5.91 Å². The first-order chi connectivity index (χ1) is 14.1. The Balaban J connectivity index is 2.03. The number of carbonyl (C=O) groups excluding carboxylic acids is 1. The molecule has 4 nitrogen and oxygen atoms in total. The average Bonchev–Trinajstić information content (AvgIpc) is 2.66. The topological polar surface area (TPSA) is 38.8 Å². The van der Waals surface area contributed by atoms with Crippen molar-refractivity contribution in [2.24, 2.45) is 17.8 Å². The average molecular weight is 418 g/mol. The van der Waals surface area contributed by atoms with Gasteiger partial charge in [-0.1, -0.05) is 32.9 Å². The van der Waals surface area contributed by atoms with Crippen LogP contribution in [0.2, 0.25) is 0 Å². The minimum absolute atomic E-state index is 0.0330. The molecule has 0 N–H and O–H groups in total. The molecule has 0 unspecified atom stereocenters. The first-order valence-electron chi connectivity index (χ1n) is 11.8. The van der Waals surface area contributed by atoms with Crippen molar-refractivity contribution in [1.29, 1.82) is 0 Å². The maximum Gasteiger partial charge on any atom is 0.222 e. The van der Waals surface area contributed by atoms with Crippen molar-refractivity contribution in [3.8, 4) is 5.75 Å². The van der Waals surface area contributed by atoms with Gasteiger partial charge in [0.15, 0.2) is 0 Å². The molecule has 1 aromatic rings. The van der Waals surface area contributed by atoms with Gasteiger partial charge in [-0.25, -0.2) is 0 Å². The number of hydrogen-bond acceptors (Lipinski definition) is 3. The molecule has 0 spiro atoms. The molecular weight excluding hydrogens is 374 g/mol. The summed E-state index contributed by atoms with van der Waals surface area (Å²) in [6.45, 7) is 17.4. The van der Waals surface area contributed by atoms with Crippen LogP contribution in [0.1, 0.15) is 79.7 Å². The minimum Gasteiger partial charge on any atom is -0.491 e. The van der Waals surface area contributed by atoms with E-state index in [9.17, 15) is 4.79 Å². The monoisotopic (exact) mass is 417 g/mol. The molecule has 0 radical (unpaired) electrons. The first kappa shape index (κ1) is 24.7. The summed E-state index contributed by atoms with van der Waals surface area (Å²) in [4.78, 5) is 14.7. The van der Waals surface area contributed by atoms with Crippen LogP contribution in [0.4, 0.5) is 0 Å². The smallest absolute Gasteiger partial charge is 0.222 e. The molecule has 2 atom stereocenters. The van der Waals surface area contributed by atoms with E-state index in [-0.39, 0.29) is 17.6 Å². The van der Waals surface area contributed by atoms with Crippen LogP contribution in [0.3, 0.4) is 0 Å². The fourth-order valence-corrected chi connectivity index (χ4v) is 4.74. The first-order valence-corrected chi connectivity index (χ1v) is 11.8. The van der Waals surface area contributed by atoms with Crippen molar-refractivity contribution in [3.63, 3.8) is 0 Å². The SMILES string of the molecule is CCC(=O)N(CC[C@@H](C(C)C)[C@H]1CCOC(C)(C)C1)Cc1ccc(OC(C)C)cc1. The second-order valence-electron chi connectivity index (χ2n) is 10.0. The summed E-state index contributed by atoms with van der Waals surface area (Å²) in [5.41, 5.74) is 1.12. The van der Waals surface area contributed by atoms with Crippen LogP contribution in [0, 0.1) is 17.8 Å².